The molecular formula is C21H24N2O4. The van der Waals surface area contributed by atoms with Crippen molar-refractivity contribution in [2.75, 3.05) is 25.7 Å². The van der Waals surface area contributed by atoms with E-state index in [2.05, 4.69) is 5.32 Å². The van der Waals surface area contributed by atoms with E-state index >= 15 is 0 Å². The van der Waals surface area contributed by atoms with Gasteiger partial charge in [-0.25, -0.2) is 0 Å². The van der Waals surface area contributed by atoms with E-state index in [1.165, 1.54) is 0 Å². The minimum absolute atomic E-state index is 0.0441. The van der Waals surface area contributed by atoms with E-state index < -0.39 is 0 Å². The van der Waals surface area contributed by atoms with E-state index in [0.717, 1.165) is 22.7 Å². The van der Waals surface area contributed by atoms with E-state index in [4.69, 9.17) is 9.47 Å². The summed E-state index contributed by atoms with van der Waals surface area (Å²) >= 11 is 0. The molecule has 27 heavy (non-hydrogen) atoms. The molecular weight excluding hydrogens is 344 g/mol. The fraction of sp³-hybridized carbons (Fsp3) is 0.333. The van der Waals surface area contributed by atoms with Crippen molar-refractivity contribution in [3.63, 3.8) is 0 Å². The Hall–Kier alpha value is -3.02. The molecule has 0 aromatic heterocycles. The minimum atomic E-state index is -0.361. The van der Waals surface area contributed by atoms with Crippen molar-refractivity contribution in [1.82, 2.24) is 5.32 Å². The number of carbonyl (C=O) groups is 2. The quantitative estimate of drug-likeness (QED) is 0.851. The summed E-state index contributed by atoms with van der Waals surface area (Å²) in [6.07, 6.45) is 0.215. The van der Waals surface area contributed by atoms with Crippen LogP contribution >= 0.6 is 0 Å². The van der Waals surface area contributed by atoms with Gasteiger partial charge in [0.15, 0.2) is 0 Å². The van der Waals surface area contributed by atoms with E-state index in [1.54, 1.807) is 19.1 Å². The summed E-state index contributed by atoms with van der Waals surface area (Å²) in [5.41, 5.74) is 1.76. The smallest absolute Gasteiger partial charge is 0.227 e. The molecule has 2 aromatic rings. The van der Waals surface area contributed by atoms with Gasteiger partial charge in [-0.1, -0.05) is 12.1 Å². The zero-order valence-electron chi connectivity index (χ0n) is 15.8. The standard InChI is InChI=1S/C21H24N2O4/c1-14(15-4-8-18(26-2)9-5-15)22-21(25)16-12-20(24)23(13-16)17-6-10-19(27-3)11-7-17/h4-11,14,16H,12-13H2,1-3H3,(H,22,25)/t14-,16+/m1/s1. The van der Waals surface area contributed by atoms with Crippen molar-refractivity contribution in [2.24, 2.45) is 5.92 Å². The van der Waals surface area contributed by atoms with E-state index in [1.807, 2.05) is 55.5 Å². The lowest BCUT2D eigenvalue weighted by atomic mass is 10.0. The Morgan fingerprint density at radius 3 is 2.15 bits per heavy atom. The number of carbonyl (C=O) groups excluding carboxylic acids is 2. The Morgan fingerprint density at radius 1 is 1.04 bits per heavy atom. The molecule has 6 nitrogen and oxygen atoms in total. The molecule has 0 radical (unpaired) electrons. The number of anilines is 1. The average Bonchev–Trinajstić information content (AvgIpc) is 3.10. The highest BCUT2D eigenvalue weighted by molar-refractivity contribution is 6.00. The molecule has 6 heteroatoms. The van der Waals surface area contributed by atoms with Crippen LogP contribution in [0.2, 0.25) is 0 Å². The zero-order chi connectivity index (χ0) is 19.4. The highest BCUT2D eigenvalue weighted by Crippen LogP contribution is 2.27. The van der Waals surface area contributed by atoms with Crippen molar-refractivity contribution >= 4 is 17.5 Å². The molecule has 1 fully saturated rings. The van der Waals surface area contributed by atoms with Crippen LogP contribution in [-0.4, -0.2) is 32.6 Å². The summed E-state index contributed by atoms with van der Waals surface area (Å²) < 4.78 is 10.3. The van der Waals surface area contributed by atoms with E-state index in [9.17, 15) is 9.59 Å². The van der Waals surface area contributed by atoms with Crippen molar-refractivity contribution < 1.29 is 19.1 Å². The highest BCUT2D eigenvalue weighted by Gasteiger charge is 2.35. The Kier molecular flexibility index (Phi) is 5.64. The molecule has 0 unspecified atom stereocenters. The molecule has 2 aromatic carbocycles. The third-order valence-corrected chi connectivity index (χ3v) is 4.85. The van der Waals surface area contributed by atoms with Crippen LogP contribution in [0, 0.1) is 5.92 Å². The summed E-state index contributed by atoms with van der Waals surface area (Å²) in [7, 11) is 3.21. The highest BCUT2D eigenvalue weighted by atomic mass is 16.5. The lowest BCUT2D eigenvalue weighted by Gasteiger charge is -2.19. The van der Waals surface area contributed by atoms with Crippen LogP contribution in [0.3, 0.4) is 0 Å². The summed E-state index contributed by atoms with van der Waals surface area (Å²) in [5.74, 6) is 0.988. The number of methoxy groups -OCH3 is 2. The van der Waals surface area contributed by atoms with E-state index in [-0.39, 0.29) is 30.2 Å². The first kappa shape index (κ1) is 18.8. The molecule has 1 aliphatic heterocycles. The van der Waals surface area contributed by atoms with Gasteiger partial charge in [0.1, 0.15) is 11.5 Å². The van der Waals surface area contributed by atoms with Crippen molar-refractivity contribution in [3.8, 4) is 11.5 Å². The van der Waals surface area contributed by atoms with Crippen LogP contribution in [0.15, 0.2) is 48.5 Å². The summed E-state index contributed by atoms with van der Waals surface area (Å²) in [6.45, 7) is 2.31. The normalized spacial score (nSPS) is 17.5. The molecule has 0 saturated carbocycles. The van der Waals surface area contributed by atoms with Gasteiger partial charge in [0, 0.05) is 18.7 Å². The Bertz CT molecular complexity index is 802. The maximum atomic E-state index is 12.6. The number of rotatable bonds is 6. The van der Waals surface area contributed by atoms with Crippen LogP contribution in [0.25, 0.3) is 0 Å². The number of hydrogen-bond donors (Lipinski definition) is 1. The topological polar surface area (TPSA) is 67.9 Å². The molecule has 0 spiro atoms. The number of benzene rings is 2. The second kappa shape index (κ2) is 8.12. The maximum absolute atomic E-state index is 12.6. The Morgan fingerprint density at radius 2 is 1.59 bits per heavy atom. The zero-order valence-corrected chi connectivity index (χ0v) is 15.8. The first-order valence-corrected chi connectivity index (χ1v) is 8.90. The molecule has 0 bridgehead atoms. The van der Waals surface area contributed by atoms with E-state index in [0.29, 0.717) is 6.54 Å². The van der Waals surface area contributed by atoms with Crippen LogP contribution < -0.4 is 19.7 Å². The third kappa shape index (κ3) is 4.22. The predicted octanol–water partition coefficient (Wildman–Crippen LogP) is 2.93. The first-order chi connectivity index (χ1) is 13.0. The number of amides is 2. The second-order valence-corrected chi connectivity index (χ2v) is 6.61. The van der Waals surface area contributed by atoms with Crippen molar-refractivity contribution in [3.05, 3.63) is 54.1 Å². The molecule has 0 aliphatic carbocycles. The summed E-state index contributed by atoms with van der Waals surface area (Å²) in [4.78, 5) is 26.7. The average molecular weight is 368 g/mol. The fourth-order valence-corrected chi connectivity index (χ4v) is 3.20. The monoisotopic (exact) mass is 368 g/mol. The van der Waals surface area contributed by atoms with Crippen LogP contribution in [0.4, 0.5) is 5.69 Å². The number of nitrogens with one attached hydrogen (secondary N) is 1. The number of ether oxygens (including phenoxy) is 2. The molecule has 2 amide bonds. The van der Waals surface area contributed by atoms with Crippen molar-refractivity contribution in [1.29, 1.82) is 0 Å². The van der Waals surface area contributed by atoms with Gasteiger partial charge in [-0.3, -0.25) is 9.59 Å². The van der Waals surface area contributed by atoms with Gasteiger partial charge in [0.05, 0.1) is 26.2 Å². The molecule has 1 heterocycles. The molecule has 2 atom stereocenters. The van der Waals surface area contributed by atoms with Gasteiger partial charge in [0.25, 0.3) is 0 Å². The second-order valence-electron chi connectivity index (χ2n) is 6.61. The van der Waals surface area contributed by atoms with Crippen molar-refractivity contribution in [2.45, 2.75) is 19.4 Å². The molecule has 3 rings (SSSR count). The summed E-state index contributed by atoms with van der Waals surface area (Å²) in [6, 6.07) is 14.7. The molecule has 1 aliphatic rings. The van der Waals surface area contributed by atoms with Gasteiger partial charge in [0.2, 0.25) is 11.8 Å². The molecule has 142 valence electrons. The fourth-order valence-electron chi connectivity index (χ4n) is 3.20. The summed E-state index contributed by atoms with van der Waals surface area (Å²) in [5, 5.41) is 3.01. The van der Waals surface area contributed by atoms with Crippen LogP contribution in [0.5, 0.6) is 11.5 Å². The largest absolute Gasteiger partial charge is 0.497 e. The van der Waals surface area contributed by atoms with Gasteiger partial charge < -0.3 is 19.7 Å². The third-order valence-electron chi connectivity index (χ3n) is 4.85. The predicted molar refractivity (Wildman–Crippen MR) is 103 cm³/mol. The SMILES string of the molecule is COc1ccc([C@@H](C)NC(=O)[C@H]2CC(=O)N(c3ccc(OC)cc3)C2)cc1. The first-order valence-electron chi connectivity index (χ1n) is 8.90. The molecule has 1 N–H and O–H groups in total. The number of hydrogen-bond acceptors (Lipinski definition) is 4. The van der Waals surface area contributed by atoms with Crippen LogP contribution in [0.1, 0.15) is 24.9 Å². The Labute approximate surface area is 159 Å². The van der Waals surface area contributed by atoms with Gasteiger partial charge >= 0.3 is 0 Å². The van der Waals surface area contributed by atoms with Gasteiger partial charge in [-0.2, -0.15) is 0 Å². The molecule has 1 saturated heterocycles. The maximum Gasteiger partial charge on any atom is 0.227 e. The lowest BCUT2D eigenvalue weighted by Crippen LogP contribution is -2.34. The minimum Gasteiger partial charge on any atom is -0.497 e. The van der Waals surface area contributed by atoms with Crippen LogP contribution in [-0.2, 0) is 9.59 Å². The number of nitrogens with zero attached hydrogens (tertiary/aromatic N) is 1. The lowest BCUT2D eigenvalue weighted by molar-refractivity contribution is -0.126. The Balaban J connectivity index is 1.62. The van der Waals surface area contributed by atoms with Gasteiger partial charge in [-0.15, -0.1) is 0 Å². The van der Waals surface area contributed by atoms with Gasteiger partial charge in [-0.05, 0) is 48.9 Å².